The number of para-hydroxylation sites is 1. The van der Waals surface area contributed by atoms with Crippen LogP contribution in [0.3, 0.4) is 0 Å². The van der Waals surface area contributed by atoms with Gasteiger partial charge in [0.1, 0.15) is 0 Å². The highest BCUT2D eigenvalue weighted by Crippen LogP contribution is 2.24. The minimum absolute atomic E-state index is 0.0677. The van der Waals surface area contributed by atoms with Gasteiger partial charge in [0.05, 0.1) is 5.69 Å². The van der Waals surface area contributed by atoms with Crippen LogP contribution in [0.15, 0.2) is 29.2 Å². The van der Waals surface area contributed by atoms with Crippen LogP contribution in [0.25, 0.3) is 0 Å². The Labute approximate surface area is 111 Å². The number of rotatable bonds is 7. The first-order valence-corrected chi connectivity index (χ1v) is 7.00. The molecule has 0 aromatic heterocycles. The lowest BCUT2D eigenvalue weighted by molar-refractivity contribution is -0.137. The van der Waals surface area contributed by atoms with Crippen LogP contribution in [0.1, 0.15) is 25.7 Å². The lowest BCUT2D eigenvalue weighted by atomic mass is 10.2. The average molecular weight is 267 g/mol. The van der Waals surface area contributed by atoms with Gasteiger partial charge in [-0.05, 0) is 31.2 Å². The molecule has 0 heterocycles. The molecular weight excluding hydrogens is 250 g/mol. The molecule has 1 aromatic rings. The third-order valence-electron chi connectivity index (χ3n) is 2.43. The van der Waals surface area contributed by atoms with Gasteiger partial charge < -0.3 is 10.4 Å². The van der Waals surface area contributed by atoms with Crippen molar-refractivity contribution in [2.24, 2.45) is 0 Å². The van der Waals surface area contributed by atoms with Crippen LogP contribution >= 0.6 is 11.8 Å². The zero-order valence-corrected chi connectivity index (χ0v) is 11.1. The zero-order valence-electron chi connectivity index (χ0n) is 10.3. The Morgan fingerprint density at radius 1 is 1.22 bits per heavy atom. The number of unbranched alkanes of at least 4 members (excludes halogenated alkanes) is 1. The van der Waals surface area contributed by atoms with Crippen LogP contribution in [0.2, 0.25) is 0 Å². The van der Waals surface area contributed by atoms with Crippen LogP contribution in [-0.4, -0.2) is 23.2 Å². The molecule has 0 aliphatic carbocycles. The van der Waals surface area contributed by atoms with E-state index in [9.17, 15) is 9.59 Å². The molecule has 1 rings (SSSR count). The Morgan fingerprint density at radius 2 is 1.89 bits per heavy atom. The SMILES string of the molecule is CSc1ccccc1NC(=O)CCCCC(=O)O. The van der Waals surface area contributed by atoms with Crippen molar-refractivity contribution in [3.05, 3.63) is 24.3 Å². The number of aliphatic carboxylic acids is 1. The van der Waals surface area contributed by atoms with E-state index in [2.05, 4.69) is 5.32 Å². The molecule has 0 fully saturated rings. The highest BCUT2D eigenvalue weighted by molar-refractivity contribution is 7.98. The summed E-state index contributed by atoms with van der Waals surface area (Å²) in [5.74, 6) is -0.884. The van der Waals surface area contributed by atoms with Crippen molar-refractivity contribution in [1.29, 1.82) is 0 Å². The Bertz CT molecular complexity index is 420. The lowest BCUT2D eigenvalue weighted by Gasteiger charge is -2.08. The summed E-state index contributed by atoms with van der Waals surface area (Å²) in [7, 11) is 0. The Balaban J connectivity index is 2.37. The van der Waals surface area contributed by atoms with E-state index in [0.717, 1.165) is 10.6 Å². The van der Waals surface area contributed by atoms with E-state index in [1.807, 2.05) is 30.5 Å². The number of thioether (sulfide) groups is 1. The molecule has 0 bridgehead atoms. The van der Waals surface area contributed by atoms with Gasteiger partial charge in [0.25, 0.3) is 0 Å². The number of hydrogen-bond donors (Lipinski definition) is 2. The number of carbonyl (C=O) groups excluding carboxylic acids is 1. The van der Waals surface area contributed by atoms with E-state index in [0.29, 0.717) is 19.3 Å². The molecule has 0 unspecified atom stereocenters. The molecule has 0 aliphatic rings. The molecule has 0 aliphatic heterocycles. The molecule has 1 aromatic carbocycles. The smallest absolute Gasteiger partial charge is 0.303 e. The van der Waals surface area contributed by atoms with E-state index in [1.165, 1.54) is 0 Å². The Kier molecular flexibility index (Phi) is 6.28. The summed E-state index contributed by atoms with van der Waals surface area (Å²) in [4.78, 5) is 23.0. The van der Waals surface area contributed by atoms with Crippen molar-refractivity contribution in [1.82, 2.24) is 0 Å². The van der Waals surface area contributed by atoms with Gasteiger partial charge in [0.15, 0.2) is 0 Å². The van der Waals surface area contributed by atoms with Gasteiger partial charge >= 0.3 is 5.97 Å². The number of hydrogen-bond acceptors (Lipinski definition) is 3. The average Bonchev–Trinajstić information content (AvgIpc) is 2.35. The fourth-order valence-corrected chi connectivity index (χ4v) is 2.08. The summed E-state index contributed by atoms with van der Waals surface area (Å²) in [6.07, 6.45) is 3.56. The van der Waals surface area contributed by atoms with E-state index in [1.54, 1.807) is 11.8 Å². The van der Waals surface area contributed by atoms with Crippen molar-refractivity contribution >= 4 is 29.3 Å². The first kappa shape index (κ1) is 14.6. The van der Waals surface area contributed by atoms with Gasteiger partial charge in [0.2, 0.25) is 5.91 Å². The largest absolute Gasteiger partial charge is 0.481 e. The summed E-state index contributed by atoms with van der Waals surface area (Å²) in [6.45, 7) is 0. The predicted molar refractivity (Wildman–Crippen MR) is 73.0 cm³/mol. The Hall–Kier alpha value is -1.49. The van der Waals surface area contributed by atoms with Gasteiger partial charge in [-0.1, -0.05) is 12.1 Å². The molecule has 18 heavy (non-hydrogen) atoms. The minimum Gasteiger partial charge on any atom is -0.481 e. The fourth-order valence-electron chi connectivity index (χ4n) is 1.52. The van der Waals surface area contributed by atoms with E-state index in [4.69, 9.17) is 5.11 Å². The van der Waals surface area contributed by atoms with Gasteiger partial charge in [-0.15, -0.1) is 11.8 Å². The number of carbonyl (C=O) groups is 2. The molecular formula is C13H17NO3S. The number of benzene rings is 1. The van der Waals surface area contributed by atoms with E-state index >= 15 is 0 Å². The highest BCUT2D eigenvalue weighted by Gasteiger charge is 2.06. The van der Waals surface area contributed by atoms with E-state index < -0.39 is 5.97 Å². The summed E-state index contributed by atoms with van der Waals surface area (Å²) in [5, 5.41) is 11.3. The third kappa shape index (κ3) is 5.23. The van der Waals surface area contributed by atoms with Gasteiger partial charge in [-0.25, -0.2) is 0 Å². The molecule has 0 atom stereocenters. The van der Waals surface area contributed by atoms with Gasteiger partial charge in [-0.3, -0.25) is 9.59 Å². The van der Waals surface area contributed by atoms with Crippen molar-refractivity contribution in [3.8, 4) is 0 Å². The normalized spacial score (nSPS) is 10.1. The van der Waals surface area contributed by atoms with Crippen molar-refractivity contribution in [3.63, 3.8) is 0 Å². The number of carboxylic acids is 1. The predicted octanol–water partition coefficient (Wildman–Crippen LogP) is 2.99. The second-order valence-corrected chi connectivity index (χ2v) is 4.70. The molecule has 98 valence electrons. The fraction of sp³-hybridized carbons (Fsp3) is 0.385. The Morgan fingerprint density at radius 3 is 2.56 bits per heavy atom. The molecule has 5 heteroatoms. The van der Waals surface area contributed by atoms with Crippen LogP contribution in [0, 0.1) is 0 Å². The number of nitrogens with one attached hydrogen (secondary N) is 1. The molecule has 0 radical (unpaired) electrons. The maximum absolute atomic E-state index is 11.7. The molecule has 2 N–H and O–H groups in total. The van der Waals surface area contributed by atoms with Crippen LogP contribution in [0.4, 0.5) is 5.69 Å². The number of anilines is 1. The molecule has 0 spiro atoms. The minimum atomic E-state index is -0.817. The molecule has 4 nitrogen and oxygen atoms in total. The van der Waals surface area contributed by atoms with Gasteiger partial charge in [0, 0.05) is 17.7 Å². The standard InChI is InChI=1S/C13H17NO3S/c1-18-11-7-3-2-6-10(11)14-12(15)8-4-5-9-13(16)17/h2-3,6-7H,4-5,8-9H2,1H3,(H,14,15)(H,16,17). The molecule has 0 saturated carbocycles. The zero-order chi connectivity index (χ0) is 13.4. The van der Waals surface area contributed by atoms with Crippen molar-refractivity contribution < 1.29 is 14.7 Å². The van der Waals surface area contributed by atoms with Crippen LogP contribution < -0.4 is 5.32 Å². The quantitative estimate of drug-likeness (QED) is 0.588. The van der Waals surface area contributed by atoms with E-state index in [-0.39, 0.29) is 12.3 Å². The topological polar surface area (TPSA) is 66.4 Å². The van der Waals surface area contributed by atoms with Crippen LogP contribution in [-0.2, 0) is 9.59 Å². The molecule has 0 saturated heterocycles. The van der Waals surface area contributed by atoms with Crippen molar-refractivity contribution in [2.45, 2.75) is 30.6 Å². The second kappa shape index (κ2) is 7.76. The van der Waals surface area contributed by atoms with Gasteiger partial charge in [-0.2, -0.15) is 0 Å². The third-order valence-corrected chi connectivity index (χ3v) is 3.22. The first-order chi connectivity index (χ1) is 8.63. The monoisotopic (exact) mass is 267 g/mol. The van der Waals surface area contributed by atoms with Crippen LogP contribution in [0.5, 0.6) is 0 Å². The second-order valence-electron chi connectivity index (χ2n) is 3.85. The highest BCUT2D eigenvalue weighted by atomic mass is 32.2. The summed E-state index contributed by atoms with van der Waals surface area (Å²) >= 11 is 1.58. The first-order valence-electron chi connectivity index (χ1n) is 5.78. The maximum atomic E-state index is 11.7. The number of amides is 1. The molecule has 1 amide bonds. The lowest BCUT2D eigenvalue weighted by Crippen LogP contribution is -2.11. The summed E-state index contributed by atoms with van der Waals surface area (Å²) in [5.41, 5.74) is 0.813. The number of carboxylic acid groups (broad SMARTS) is 1. The van der Waals surface area contributed by atoms with Crippen molar-refractivity contribution in [2.75, 3.05) is 11.6 Å². The maximum Gasteiger partial charge on any atom is 0.303 e. The summed E-state index contributed by atoms with van der Waals surface area (Å²) < 4.78 is 0. The summed E-state index contributed by atoms with van der Waals surface area (Å²) in [6, 6.07) is 7.61.